The number of rotatable bonds is 4. The number of aliphatic hydroxyl groups is 1. The molecule has 3 rings (SSSR count). The lowest BCUT2D eigenvalue weighted by Gasteiger charge is -2.16. The average Bonchev–Trinajstić information content (AvgIpc) is 2.99. The maximum Gasteiger partial charge on any atom is 0.328 e. The fourth-order valence-corrected chi connectivity index (χ4v) is 3.90. The monoisotopic (exact) mass is 367 g/mol. The number of amides is 2. The second-order valence-corrected chi connectivity index (χ2v) is 6.60. The van der Waals surface area contributed by atoms with Crippen molar-refractivity contribution in [2.24, 2.45) is 0 Å². The van der Waals surface area contributed by atoms with Crippen molar-refractivity contribution < 1.29 is 9.90 Å². The third-order valence-corrected chi connectivity index (χ3v) is 4.99. The van der Waals surface area contributed by atoms with E-state index in [9.17, 15) is 9.90 Å². The molecule has 1 aliphatic heterocycles. The van der Waals surface area contributed by atoms with Gasteiger partial charge in [-0.3, -0.25) is 0 Å². The molecule has 2 amide bonds. The first kappa shape index (κ1) is 14.5. The van der Waals surface area contributed by atoms with Crippen LogP contribution in [0.15, 0.2) is 35.3 Å². The number of halogens is 1. The number of benzene rings is 1. The minimum absolute atomic E-state index is 0.209. The van der Waals surface area contributed by atoms with Crippen LogP contribution in [0.2, 0.25) is 0 Å². The van der Waals surface area contributed by atoms with Gasteiger partial charge in [0.15, 0.2) is 11.4 Å². The molecule has 1 aromatic carbocycles. The van der Waals surface area contributed by atoms with Gasteiger partial charge in [-0.1, -0.05) is 23.5 Å². The Morgan fingerprint density at radius 2 is 2.38 bits per heavy atom. The molecule has 110 valence electrons. The summed E-state index contributed by atoms with van der Waals surface area (Å²) in [5, 5.41) is 10.7. The average molecular weight is 368 g/mol. The molecule has 0 bridgehead atoms. The number of hydrogen-bond donors (Lipinski definition) is 1. The van der Waals surface area contributed by atoms with Crippen LogP contribution in [-0.4, -0.2) is 40.3 Å². The molecule has 5 nitrogen and oxygen atoms in total. The highest BCUT2D eigenvalue weighted by atomic mass is 79.9. The van der Waals surface area contributed by atoms with Gasteiger partial charge in [-0.05, 0) is 34.5 Å². The number of carbonyl (C=O) groups is 1. The van der Waals surface area contributed by atoms with E-state index < -0.39 is 6.23 Å². The van der Waals surface area contributed by atoms with E-state index in [1.807, 2.05) is 18.2 Å². The number of fused-ring (bicyclic) bond motifs is 1. The number of β-amino-alcohol motifs (C(OH)–C–C–N with tert-alkyl or cyclic N) is 1. The zero-order valence-electron chi connectivity index (χ0n) is 11.2. The summed E-state index contributed by atoms with van der Waals surface area (Å²) in [5.74, 6) is 0. The smallest absolute Gasteiger partial charge is 0.328 e. The Kier molecular flexibility index (Phi) is 3.97. The van der Waals surface area contributed by atoms with Crippen molar-refractivity contribution in [2.45, 2.75) is 12.6 Å². The fraction of sp³-hybridized carbons (Fsp3) is 0.286. The van der Waals surface area contributed by atoms with Crippen molar-refractivity contribution >= 4 is 48.6 Å². The Hall–Kier alpha value is -1.44. The Labute approximate surface area is 134 Å². The van der Waals surface area contributed by atoms with Crippen LogP contribution in [-0.2, 0) is 0 Å². The number of carbonyl (C=O) groups excluding carboxylic acids is 1. The lowest BCUT2D eigenvalue weighted by atomic mass is 10.3. The Morgan fingerprint density at radius 1 is 1.57 bits per heavy atom. The van der Waals surface area contributed by atoms with Gasteiger partial charge < -0.3 is 10.0 Å². The number of anilines is 1. The first-order valence-electron chi connectivity index (χ1n) is 6.54. The molecule has 0 radical (unpaired) electrons. The van der Waals surface area contributed by atoms with Crippen LogP contribution in [0.25, 0.3) is 10.2 Å². The van der Waals surface area contributed by atoms with Gasteiger partial charge in [0.05, 0.1) is 16.8 Å². The lowest BCUT2D eigenvalue weighted by Crippen LogP contribution is -2.35. The summed E-state index contributed by atoms with van der Waals surface area (Å²) in [6.07, 6.45) is 1.61. The topological polar surface area (TPSA) is 56.7 Å². The fourth-order valence-electron chi connectivity index (χ4n) is 2.29. The van der Waals surface area contributed by atoms with Crippen LogP contribution in [0, 0.1) is 0 Å². The quantitative estimate of drug-likeness (QED) is 0.844. The van der Waals surface area contributed by atoms with E-state index in [-0.39, 0.29) is 6.03 Å². The van der Waals surface area contributed by atoms with Crippen molar-refractivity contribution in [3.63, 3.8) is 0 Å². The molecule has 1 N–H and O–H groups in total. The second kappa shape index (κ2) is 5.75. The molecule has 21 heavy (non-hydrogen) atoms. The van der Waals surface area contributed by atoms with Gasteiger partial charge in [-0.25, -0.2) is 14.7 Å². The molecule has 1 aromatic heterocycles. The standard InChI is InChI=1S/C14H14BrN3O2S/c1-2-3-7-17-8-11(19)18(14(17)20)13-16-12-9(15)5-4-6-10(12)21-13/h2,4-6,11,19H,1,3,7-8H2. The molecule has 2 aromatic rings. The molecule has 1 saturated heterocycles. The molecule has 1 fully saturated rings. The third-order valence-electron chi connectivity index (χ3n) is 3.33. The lowest BCUT2D eigenvalue weighted by molar-refractivity contribution is 0.177. The Bertz CT molecular complexity index is 703. The Balaban J connectivity index is 1.92. The number of nitrogens with zero attached hydrogens (tertiary/aromatic N) is 3. The third kappa shape index (κ3) is 2.56. The maximum absolute atomic E-state index is 12.4. The van der Waals surface area contributed by atoms with Crippen LogP contribution in [0.4, 0.5) is 9.93 Å². The summed E-state index contributed by atoms with van der Waals surface area (Å²) in [7, 11) is 0. The van der Waals surface area contributed by atoms with E-state index in [4.69, 9.17) is 0 Å². The van der Waals surface area contributed by atoms with E-state index in [1.165, 1.54) is 16.2 Å². The van der Waals surface area contributed by atoms with Gasteiger partial charge in [-0.2, -0.15) is 0 Å². The predicted octanol–water partition coefficient (Wildman–Crippen LogP) is 3.20. The SMILES string of the molecule is C=CCCN1CC(O)N(c2nc3c(Br)cccc3s2)C1=O. The highest BCUT2D eigenvalue weighted by Gasteiger charge is 2.38. The van der Waals surface area contributed by atoms with Crippen LogP contribution in [0.1, 0.15) is 6.42 Å². The van der Waals surface area contributed by atoms with E-state index in [0.717, 1.165) is 14.7 Å². The maximum atomic E-state index is 12.4. The molecule has 7 heteroatoms. The highest BCUT2D eigenvalue weighted by molar-refractivity contribution is 9.10. The highest BCUT2D eigenvalue weighted by Crippen LogP contribution is 2.35. The molecular weight excluding hydrogens is 354 g/mol. The second-order valence-electron chi connectivity index (χ2n) is 4.74. The normalized spacial score (nSPS) is 18.8. The summed E-state index contributed by atoms with van der Waals surface area (Å²) in [5.41, 5.74) is 0.807. The zero-order valence-corrected chi connectivity index (χ0v) is 13.6. The largest absolute Gasteiger partial charge is 0.371 e. The molecule has 0 saturated carbocycles. The number of aromatic nitrogens is 1. The van der Waals surface area contributed by atoms with Crippen molar-refractivity contribution in [1.82, 2.24) is 9.88 Å². The van der Waals surface area contributed by atoms with E-state index in [0.29, 0.717) is 24.6 Å². The zero-order chi connectivity index (χ0) is 15.0. The van der Waals surface area contributed by atoms with Crippen LogP contribution in [0.3, 0.4) is 0 Å². The summed E-state index contributed by atoms with van der Waals surface area (Å²) >= 11 is 4.85. The van der Waals surface area contributed by atoms with Crippen molar-refractivity contribution in [2.75, 3.05) is 18.0 Å². The van der Waals surface area contributed by atoms with Crippen LogP contribution < -0.4 is 4.90 Å². The summed E-state index contributed by atoms with van der Waals surface area (Å²) < 4.78 is 1.86. The van der Waals surface area contributed by atoms with Crippen molar-refractivity contribution in [3.05, 3.63) is 35.3 Å². The Morgan fingerprint density at radius 3 is 3.10 bits per heavy atom. The minimum Gasteiger partial charge on any atom is -0.371 e. The number of urea groups is 1. The van der Waals surface area contributed by atoms with Gasteiger partial charge in [0.1, 0.15) is 0 Å². The number of aliphatic hydroxyl groups excluding tert-OH is 1. The minimum atomic E-state index is -0.860. The van der Waals surface area contributed by atoms with Gasteiger partial charge in [-0.15, -0.1) is 6.58 Å². The molecule has 2 heterocycles. The van der Waals surface area contributed by atoms with E-state index >= 15 is 0 Å². The van der Waals surface area contributed by atoms with Gasteiger partial charge in [0, 0.05) is 11.0 Å². The molecule has 1 atom stereocenters. The van der Waals surface area contributed by atoms with Gasteiger partial charge >= 0.3 is 6.03 Å². The molecule has 1 unspecified atom stereocenters. The first-order valence-corrected chi connectivity index (χ1v) is 8.15. The number of thiazole rings is 1. The van der Waals surface area contributed by atoms with Crippen LogP contribution in [0.5, 0.6) is 0 Å². The summed E-state index contributed by atoms with van der Waals surface area (Å²) in [6, 6.07) is 5.57. The van der Waals surface area contributed by atoms with E-state index in [1.54, 1.807) is 11.0 Å². The van der Waals surface area contributed by atoms with E-state index in [2.05, 4.69) is 27.5 Å². The molecular formula is C14H14BrN3O2S. The molecule has 1 aliphatic rings. The summed E-state index contributed by atoms with van der Waals surface area (Å²) in [4.78, 5) is 19.9. The van der Waals surface area contributed by atoms with Crippen molar-refractivity contribution in [1.29, 1.82) is 0 Å². The first-order chi connectivity index (χ1) is 10.1. The number of hydrogen-bond acceptors (Lipinski definition) is 4. The van der Waals surface area contributed by atoms with Gasteiger partial charge in [0.2, 0.25) is 0 Å². The van der Waals surface area contributed by atoms with Gasteiger partial charge in [0.25, 0.3) is 0 Å². The molecule has 0 aliphatic carbocycles. The molecule has 0 spiro atoms. The van der Waals surface area contributed by atoms with Crippen LogP contribution >= 0.6 is 27.3 Å². The summed E-state index contributed by atoms with van der Waals surface area (Å²) in [6.45, 7) is 4.51. The predicted molar refractivity (Wildman–Crippen MR) is 87.6 cm³/mol. The van der Waals surface area contributed by atoms with Crippen molar-refractivity contribution in [3.8, 4) is 0 Å². The number of para-hydroxylation sites is 1.